The smallest absolute Gasteiger partial charge is 0.220 e. The SMILES string of the molecule is CCN=C1CC=CC(=O)C(=CC2=CC=C(N(CC)CC)CC2C)O1. The molecule has 2 aliphatic rings. The van der Waals surface area contributed by atoms with E-state index in [4.69, 9.17) is 4.74 Å². The van der Waals surface area contributed by atoms with Crippen molar-refractivity contribution < 1.29 is 9.53 Å². The van der Waals surface area contributed by atoms with Gasteiger partial charge in [0.25, 0.3) is 0 Å². The van der Waals surface area contributed by atoms with Gasteiger partial charge in [0.2, 0.25) is 5.78 Å². The van der Waals surface area contributed by atoms with Crippen molar-refractivity contribution in [1.29, 1.82) is 0 Å². The van der Waals surface area contributed by atoms with Gasteiger partial charge in [-0.2, -0.15) is 0 Å². The number of hydrogen-bond acceptors (Lipinski definition) is 4. The van der Waals surface area contributed by atoms with Crippen LogP contribution in [-0.2, 0) is 9.53 Å². The Morgan fingerprint density at radius 3 is 2.67 bits per heavy atom. The molecule has 1 atom stereocenters. The zero-order valence-corrected chi connectivity index (χ0v) is 15.2. The molecule has 0 saturated heterocycles. The van der Waals surface area contributed by atoms with Gasteiger partial charge in [-0.25, -0.2) is 0 Å². The molecule has 24 heavy (non-hydrogen) atoms. The summed E-state index contributed by atoms with van der Waals surface area (Å²) in [6.45, 7) is 11.2. The lowest BCUT2D eigenvalue weighted by atomic mass is 9.90. The van der Waals surface area contributed by atoms with Crippen molar-refractivity contribution in [2.75, 3.05) is 19.6 Å². The topological polar surface area (TPSA) is 41.9 Å². The predicted octanol–water partition coefficient (Wildman–Crippen LogP) is 4.03. The van der Waals surface area contributed by atoms with E-state index in [1.165, 1.54) is 5.70 Å². The summed E-state index contributed by atoms with van der Waals surface area (Å²) in [6.07, 6.45) is 11.1. The van der Waals surface area contributed by atoms with Crippen LogP contribution in [0.3, 0.4) is 0 Å². The van der Waals surface area contributed by atoms with Crippen LogP contribution in [0, 0.1) is 5.92 Å². The molecule has 0 radical (unpaired) electrons. The van der Waals surface area contributed by atoms with E-state index in [9.17, 15) is 4.79 Å². The van der Waals surface area contributed by atoms with Crippen LogP contribution in [0.5, 0.6) is 0 Å². The molecule has 0 saturated carbocycles. The van der Waals surface area contributed by atoms with Gasteiger partial charge < -0.3 is 9.64 Å². The zero-order chi connectivity index (χ0) is 17.5. The summed E-state index contributed by atoms with van der Waals surface area (Å²) in [7, 11) is 0. The largest absolute Gasteiger partial charge is 0.439 e. The van der Waals surface area contributed by atoms with Gasteiger partial charge in [0.05, 0.1) is 0 Å². The van der Waals surface area contributed by atoms with Crippen LogP contribution >= 0.6 is 0 Å². The second-order valence-corrected chi connectivity index (χ2v) is 6.05. The Hall–Kier alpha value is -2.10. The van der Waals surface area contributed by atoms with E-state index in [0.29, 0.717) is 30.5 Å². The lowest BCUT2D eigenvalue weighted by Crippen LogP contribution is -2.25. The monoisotopic (exact) mass is 328 g/mol. The second kappa shape index (κ2) is 8.67. The Kier molecular flexibility index (Phi) is 6.59. The summed E-state index contributed by atoms with van der Waals surface area (Å²) >= 11 is 0. The fourth-order valence-corrected chi connectivity index (χ4v) is 3.00. The number of allylic oxidation sites excluding steroid dienone is 6. The summed E-state index contributed by atoms with van der Waals surface area (Å²) in [4.78, 5) is 18.9. The third kappa shape index (κ3) is 4.47. The number of aliphatic imine (C=N–C) groups is 1. The van der Waals surface area contributed by atoms with Crippen molar-refractivity contribution >= 4 is 11.7 Å². The first-order valence-corrected chi connectivity index (χ1v) is 8.88. The molecule has 2 rings (SSSR count). The highest BCUT2D eigenvalue weighted by atomic mass is 16.5. The van der Waals surface area contributed by atoms with Crippen LogP contribution in [0.2, 0.25) is 0 Å². The first-order valence-electron chi connectivity index (χ1n) is 8.88. The normalized spacial score (nSPS) is 24.5. The van der Waals surface area contributed by atoms with Crippen molar-refractivity contribution in [2.24, 2.45) is 10.9 Å². The number of carbonyl (C=O) groups is 1. The molecule has 0 N–H and O–H groups in total. The first-order chi connectivity index (χ1) is 11.6. The number of ether oxygens (including phenoxy) is 1. The fraction of sp³-hybridized carbons (Fsp3) is 0.500. The van der Waals surface area contributed by atoms with Gasteiger partial charge in [0.1, 0.15) is 0 Å². The van der Waals surface area contributed by atoms with Crippen molar-refractivity contribution in [2.45, 2.75) is 40.5 Å². The molecule has 1 aliphatic heterocycles. The second-order valence-electron chi connectivity index (χ2n) is 6.05. The maximum absolute atomic E-state index is 12.2. The number of nitrogens with zero attached hydrogens (tertiary/aromatic N) is 2. The number of ketones is 1. The highest BCUT2D eigenvalue weighted by Gasteiger charge is 2.20. The minimum atomic E-state index is -0.0945. The third-order valence-corrected chi connectivity index (χ3v) is 4.39. The fourth-order valence-electron chi connectivity index (χ4n) is 3.00. The predicted molar refractivity (Wildman–Crippen MR) is 98.8 cm³/mol. The molecular weight excluding hydrogens is 300 g/mol. The molecule has 4 heteroatoms. The van der Waals surface area contributed by atoms with Gasteiger partial charge in [-0.3, -0.25) is 9.79 Å². The van der Waals surface area contributed by atoms with Crippen molar-refractivity contribution in [1.82, 2.24) is 4.90 Å². The van der Waals surface area contributed by atoms with Crippen LogP contribution in [0.4, 0.5) is 0 Å². The zero-order valence-electron chi connectivity index (χ0n) is 15.2. The summed E-state index contributed by atoms with van der Waals surface area (Å²) in [5, 5.41) is 0. The van der Waals surface area contributed by atoms with E-state index in [0.717, 1.165) is 25.1 Å². The molecule has 130 valence electrons. The van der Waals surface area contributed by atoms with Crippen molar-refractivity contribution in [3.8, 4) is 0 Å². The number of hydrogen-bond donors (Lipinski definition) is 0. The van der Waals surface area contributed by atoms with Gasteiger partial charge in [0, 0.05) is 31.8 Å². The Morgan fingerprint density at radius 2 is 2.04 bits per heavy atom. The summed E-state index contributed by atoms with van der Waals surface area (Å²) in [5.74, 6) is 1.24. The quantitative estimate of drug-likeness (QED) is 0.716. The van der Waals surface area contributed by atoms with Crippen molar-refractivity contribution in [3.05, 3.63) is 47.4 Å². The molecule has 0 fully saturated rings. The molecule has 1 unspecified atom stereocenters. The molecule has 0 aromatic heterocycles. The lowest BCUT2D eigenvalue weighted by Gasteiger charge is -2.29. The van der Waals surface area contributed by atoms with Crippen LogP contribution in [0.15, 0.2) is 52.4 Å². The van der Waals surface area contributed by atoms with E-state index in [2.05, 4.69) is 42.8 Å². The molecule has 0 aromatic carbocycles. The van der Waals surface area contributed by atoms with Gasteiger partial charge >= 0.3 is 0 Å². The molecule has 1 heterocycles. The summed E-state index contributed by atoms with van der Waals surface area (Å²) in [6, 6.07) is 0. The average Bonchev–Trinajstić information content (AvgIpc) is 2.73. The van der Waals surface area contributed by atoms with Crippen LogP contribution in [0.25, 0.3) is 0 Å². The average molecular weight is 328 g/mol. The van der Waals surface area contributed by atoms with Gasteiger partial charge in [-0.15, -0.1) is 0 Å². The molecule has 0 amide bonds. The maximum atomic E-state index is 12.2. The highest BCUT2D eigenvalue weighted by Crippen LogP contribution is 2.29. The molecule has 4 nitrogen and oxygen atoms in total. The Balaban J connectivity index is 2.26. The van der Waals surface area contributed by atoms with E-state index in [1.54, 1.807) is 6.08 Å². The Bertz CT molecular complexity index is 620. The van der Waals surface area contributed by atoms with Gasteiger partial charge in [-0.1, -0.05) is 19.1 Å². The highest BCUT2D eigenvalue weighted by molar-refractivity contribution is 6.06. The molecular formula is C20H28N2O2. The first kappa shape index (κ1) is 18.2. The van der Waals surface area contributed by atoms with Crippen LogP contribution < -0.4 is 0 Å². The minimum Gasteiger partial charge on any atom is -0.439 e. The van der Waals surface area contributed by atoms with Gasteiger partial charge in [-0.05, 0) is 56.9 Å². The number of rotatable bonds is 5. The lowest BCUT2D eigenvalue weighted by molar-refractivity contribution is -0.113. The van der Waals surface area contributed by atoms with Crippen LogP contribution in [-0.4, -0.2) is 36.2 Å². The van der Waals surface area contributed by atoms with E-state index < -0.39 is 0 Å². The Labute approximate surface area is 145 Å². The Morgan fingerprint density at radius 1 is 1.29 bits per heavy atom. The van der Waals surface area contributed by atoms with Gasteiger partial charge in [0.15, 0.2) is 11.7 Å². The molecule has 1 aliphatic carbocycles. The van der Waals surface area contributed by atoms with Crippen molar-refractivity contribution in [3.63, 3.8) is 0 Å². The van der Waals surface area contributed by atoms with E-state index >= 15 is 0 Å². The molecule has 0 aromatic rings. The summed E-state index contributed by atoms with van der Waals surface area (Å²) in [5.41, 5.74) is 2.48. The maximum Gasteiger partial charge on any atom is 0.220 e. The molecule has 0 spiro atoms. The number of carbonyl (C=O) groups excluding carboxylic acids is 1. The minimum absolute atomic E-state index is 0.0945. The van der Waals surface area contributed by atoms with E-state index in [-0.39, 0.29) is 5.78 Å². The molecule has 0 bridgehead atoms. The summed E-state index contributed by atoms with van der Waals surface area (Å²) < 4.78 is 5.76. The standard InChI is InChI=1S/C20H28N2O2/c1-5-21-20-10-8-9-18(23)19(24-20)14-16-11-12-17(13-15(16)4)22(6-2)7-3/h8-9,11-12,14-15H,5-7,10,13H2,1-4H3. The van der Waals surface area contributed by atoms with Crippen LogP contribution in [0.1, 0.15) is 40.5 Å². The van der Waals surface area contributed by atoms with E-state index in [1.807, 2.05) is 19.1 Å². The third-order valence-electron chi connectivity index (χ3n) is 4.39.